The summed E-state index contributed by atoms with van der Waals surface area (Å²) in [5.41, 5.74) is -0.0143. The highest BCUT2D eigenvalue weighted by Crippen LogP contribution is 2.74. The quantitative estimate of drug-likeness (QED) is 0.169. The first-order valence-electron chi connectivity index (χ1n) is 16.9. The summed E-state index contributed by atoms with van der Waals surface area (Å²) in [7, 11) is 0. The van der Waals surface area contributed by atoms with Crippen molar-refractivity contribution < 1.29 is 44.3 Å². The van der Waals surface area contributed by atoms with Crippen molar-refractivity contribution in [1.82, 2.24) is 5.32 Å². The first kappa shape index (κ1) is 35.4. The van der Waals surface area contributed by atoms with Crippen molar-refractivity contribution in [3.05, 3.63) is 11.1 Å². The minimum absolute atomic E-state index is 0.0533. The lowest BCUT2D eigenvalue weighted by atomic mass is 9.36. The van der Waals surface area contributed by atoms with Crippen molar-refractivity contribution in [3.63, 3.8) is 0 Å². The molecule has 10 nitrogen and oxygen atoms in total. The number of ether oxygens (including phenoxy) is 1. The third-order valence-corrected chi connectivity index (χ3v) is 12.8. The molecule has 4 saturated carbocycles. The fraction of sp³-hybridized carbons (Fsp3) is 0.829. The number of rotatable bonds is 10. The average molecular weight is 634 g/mol. The predicted octanol–water partition coefficient (Wildman–Crippen LogP) is 4.71. The van der Waals surface area contributed by atoms with Gasteiger partial charge in [0.25, 0.3) is 0 Å². The van der Waals surface area contributed by atoms with Crippen LogP contribution in [0.3, 0.4) is 0 Å². The Kier molecular flexibility index (Phi) is 10.2. The lowest BCUT2D eigenvalue weighted by Gasteiger charge is -2.69. The SMILES string of the molecule is CC(=O)O[C@H]1C[C@@]2(C)[C@@H](CC(O)C3[C@]2(C)CC[C@H]2[C@H](C)[C@H](O)CC[C@]32C)/C1=C(/CCCC(C)C)C(=O)N[C@@H](CC(=O)O)C(=O)O. The predicted molar refractivity (Wildman–Crippen MR) is 167 cm³/mol. The minimum Gasteiger partial charge on any atom is -0.481 e. The van der Waals surface area contributed by atoms with Crippen LogP contribution in [0.15, 0.2) is 11.1 Å². The van der Waals surface area contributed by atoms with Gasteiger partial charge in [-0.25, -0.2) is 4.79 Å². The fourth-order valence-electron chi connectivity index (χ4n) is 10.6. The van der Waals surface area contributed by atoms with Crippen molar-refractivity contribution in [2.24, 2.45) is 45.8 Å². The van der Waals surface area contributed by atoms with Crippen molar-refractivity contribution in [2.75, 3.05) is 0 Å². The number of aliphatic hydroxyl groups excluding tert-OH is 2. The van der Waals surface area contributed by atoms with Crippen LogP contribution in [-0.4, -0.2) is 68.6 Å². The maximum atomic E-state index is 14.0. The molecule has 0 bridgehead atoms. The van der Waals surface area contributed by atoms with E-state index in [4.69, 9.17) is 4.74 Å². The highest BCUT2D eigenvalue weighted by molar-refractivity contribution is 5.97. The second-order valence-electron chi connectivity index (χ2n) is 15.8. The normalized spacial score (nSPS) is 40.9. The van der Waals surface area contributed by atoms with Crippen molar-refractivity contribution in [3.8, 4) is 0 Å². The largest absolute Gasteiger partial charge is 0.481 e. The fourth-order valence-corrected chi connectivity index (χ4v) is 10.6. The van der Waals surface area contributed by atoms with Crippen molar-refractivity contribution in [2.45, 2.75) is 137 Å². The van der Waals surface area contributed by atoms with Gasteiger partial charge in [0.1, 0.15) is 12.1 Å². The van der Waals surface area contributed by atoms with Gasteiger partial charge in [-0.2, -0.15) is 0 Å². The van der Waals surface area contributed by atoms with E-state index in [1.165, 1.54) is 6.92 Å². The van der Waals surface area contributed by atoms with Gasteiger partial charge < -0.3 is 30.5 Å². The number of amides is 1. The summed E-state index contributed by atoms with van der Waals surface area (Å²) < 4.78 is 5.98. The van der Waals surface area contributed by atoms with Crippen LogP contribution in [0.1, 0.15) is 113 Å². The number of carbonyl (C=O) groups is 4. The number of hydrogen-bond acceptors (Lipinski definition) is 7. The smallest absolute Gasteiger partial charge is 0.326 e. The molecule has 254 valence electrons. The van der Waals surface area contributed by atoms with Crippen LogP contribution in [-0.2, 0) is 23.9 Å². The first-order valence-corrected chi connectivity index (χ1v) is 16.9. The van der Waals surface area contributed by atoms with E-state index in [1.807, 2.05) is 0 Å². The molecule has 4 fully saturated rings. The number of carbonyl (C=O) groups excluding carboxylic acids is 2. The summed E-state index contributed by atoms with van der Waals surface area (Å²) in [6, 6.07) is -1.62. The lowest BCUT2D eigenvalue weighted by Crippen LogP contribution is -2.65. The number of hydrogen-bond donors (Lipinski definition) is 5. The van der Waals surface area contributed by atoms with Gasteiger partial charge in [0, 0.05) is 12.5 Å². The van der Waals surface area contributed by atoms with Crippen LogP contribution in [0.5, 0.6) is 0 Å². The molecule has 5 N–H and O–H groups in total. The highest BCUT2D eigenvalue weighted by Gasteiger charge is 2.70. The van der Waals surface area contributed by atoms with E-state index in [-0.39, 0.29) is 40.6 Å². The number of aliphatic hydroxyl groups is 2. The Bertz CT molecular complexity index is 1210. The van der Waals surface area contributed by atoms with Gasteiger partial charge in [0.2, 0.25) is 5.91 Å². The molecule has 0 aromatic rings. The number of fused-ring (bicyclic) bond motifs is 5. The maximum absolute atomic E-state index is 14.0. The standard InChI is InChI=1S/C35H55NO9/c1-18(2)9-8-10-21(31(42)36-24(32(43)44)16-28(40)41)29-23-15-26(39)30-33(5)13-12-25(38)19(3)22(33)11-14-34(30,6)35(23,7)17-27(29)45-20(4)37/h18-19,22-27,30,38-39H,8-17H2,1-7H3,(H,36,42)(H,40,41)(H,43,44)/b29-21+/t19-,22-,23-,24-,25+,26?,27-,30?,33-,34-,35-/m0/s1. The molecule has 11 atom stereocenters. The average Bonchev–Trinajstić information content (AvgIpc) is 3.19. The second kappa shape index (κ2) is 13.0. The molecule has 0 heterocycles. The van der Waals surface area contributed by atoms with Crippen molar-refractivity contribution in [1.29, 1.82) is 0 Å². The number of nitrogens with one attached hydrogen (secondary N) is 1. The molecule has 0 aromatic carbocycles. The van der Waals surface area contributed by atoms with Crippen LogP contribution in [0, 0.1) is 45.8 Å². The first-order chi connectivity index (χ1) is 20.9. The Morgan fingerprint density at radius 3 is 2.24 bits per heavy atom. The number of carboxylic acids is 2. The molecule has 4 rings (SSSR count). The third-order valence-electron chi connectivity index (χ3n) is 12.8. The zero-order chi connectivity index (χ0) is 33.6. The third kappa shape index (κ3) is 6.30. The maximum Gasteiger partial charge on any atom is 0.326 e. The molecule has 2 unspecified atom stereocenters. The number of esters is 1. The van der Waals surface area contributed by atoms with E-state index in [2.05, 4.69) is 46.9 Å². The van der Waals surface area contributed by atoms with Crippen LogP contribution >= 0.6 is 0 Å². The highest BCUT2D eigenvalue weighted by atomic mass is 16.5. The Morgan fingerprint density at radius 1 is 1.00 bits per heavy atom. The van der Waals surface area contributed by atoms with Crippen molar-refractivity contribution >= 4 is 23.8 Å². The summed E-state index contributed by atoms with van der Waals surface area (Å²) in [6.45, 7) is 14.4. The summed E-state index contributed by atoms with van der Waals surface area (Å²) in [5, 5.41) is 44.4. The number of carboxylic acid groups (broad SMARTS) is 2. The van der Waals surface area contributed by atoms with E-state index < -0.39 is 53.9 Å². The zero-order valence-electron chi connectivity index (χ0n) is 28.1. The molecule has 4 aliphatic carbocycles. The molecule has 10 heteroatoms. The van der Waals surface area contributed by atoms with Gasteiger partial charge in [0.05, 0.1) is 18.6 Å². The van der Waals surface area contributed by atoms with E-state index in [0.717, 1.165) is 25.7 Å². The Balaban J connectivity index is 1.84. The molecule has 1 amide bonds. The van der Waals surface area contributed by atoms with Gasteiger partial charge >= 0.3 is 17.9 Å². The summed E-state index contributed by atoms with van der Waals surface area (Å²) in [4.78, 5) is 49.9. The lowest BCUT2D eigenvalue weighted by molar-refractivity contribution is -0.234. The van der Waals surface area contributed by atoms with Gasteiger partial charge in [-0.05, 0) is 103 Å². The molecular formula is C35H55NO9. The Morgan fingerprint density at radius 2 is 1.67 bits per heavy atom. The molecule has 0 saturated heterocycles. The zero-order valence-corrected chi connectivity index (χ0v) is 28.1. The van der Waals surface area contributed by atoms with E-state index in [1.54, 1.807) is 0 Å². The van der Waals surface area contributed by atoms with Crippen LogP contribution in [0.4, 0.5) is 0 Å². The van der Waals surface area contributed by atoms with Gasteiger partial charge in [-0.15, -0.1) is 0 Å². The second-order valence-corrected chi connectivity index (χ2v) is 15.8. The molecular weight excluding hydrogens is 578 g/mol. The molecule has 45 heavy (non-hydrogen) atoms. The monoisotopic (exact) mass is 633 g/mol. The van der Waals surface area contributed by atoms with Gasteiger partial charge in [-0.3, -0.25) is 14.4 Å². The van der Waals surface area contributed by atoms with Gasteiger partial charge in [0.15, 0.2) is 0 Å². The summed E-state index contributed by atoms with van der Waals surface area (Å²) in [6.07, 6.45) is 3.33. The molecule has 0 radical (unpaired) electrons. The Labute approximate surface area is 267 Å². The van der Waals surface area contributed by atoms with E-state index in [0.29, 0.717) is 49.2 Å². The topological polar surface area (TPSA) is 170 Å². The summed E-state index contributed by atoms with van der Waals surface area (Å²) in [5.74, 6) is -3.51. The number of aliphatic carboxylic acids is 2. The van der Waals surface area contributed by atoms with Crippen LogP contribution in [0.25, 0.3) is 0 Å². The molecule has 0 spiro atoms. The van der Waals surface area contributed by atoms with Gasteiger partial charge in [-0.1, -0.05) is 48.0 Å². The van der Waals surface area contributed by atoms with E-state index in [9.17, 15) is 39.6 Å². The van der Waals surface area contributed by atoms with Crippen LogP contribution < -0.4 is 5.32 Å². The summed E-state index contributed by atoms with van der Waals surface area (Å²) >= 11 is 0. The van der Waals surface area contributed by atoms with Crippen LogP contribution in [0.2, 0.25) is 0 Å². The minimum atomic E-state index is -1.62. The molecule has 4 aliphatic rings. The van der Waals surface area contributed by atoms with E-state index >= 15 is 0 Å². The molecule has 0 aromatic heterocycles. The molecule has 0 aliphatic heterocycles. The Hall–Kier alpha value is -2.46.